The van der Waals surface area contributed by atoms with Gasteiger partial charge in [0.1, 0.15) is 18.3 Å². The van der Waals surface area contributed by atoms with Crippen LogP contribution >= 0.6 is 0 Å². The molecule has 0 fully saturated rings. The van der Waals surface area contributed by atoms with Crippen molar-refractivity contribution in [3.63, 3.8) is 0 Å². The smallest absolute Gasteiger partial charge is 0.304 e. The molecule has 0 aliphatic heterocycles. The summed E-state index contributed by atoms with van der Waals surface area (Å²) in [7, 11) is 0.406. The average Bonchev–Trinajstić information content (AvgIpc) is 2.87. The van der Waals surface area contributed by atoms with E-state index in [1.165, 1.54) is 19.0 Å². The van der Waals surface area contributed by atoms with Gasteiger partial charge in [0, 0.05) is 27.2 Å². The summed E-state index contributed by atoms with van der Waals surface area (Å²) in [4.78, 5) is 28.5. The first-order chi connectivity index (χ1) is 17.5. The molecular formula is C27H40N4O5S. The van der Waals surface area contributed by atoms with Crippen LogP contribution in [0.25, 0.3) is 0 Å². The van der Waals surface area contributed by atoms with Crippen molar-refractivity contribution in [3.8, 4) is 5.75 Å². The molecule has 0 heterocycles. The number of methoxy groups -OCH3 is 1. The van der Waals surface area contributed by atoms with E-state index in [0.29, 0.717) is 24.4 Å². The molecule has 0 aliphatic carbocycles. The third kappa shape index (κ3) is 7.69. The number of hydrogen-bond donors (Lipinski definition) is 1. The number of nitrogens with zero attached hydrogens (tertiary/aromatic N) is 3. The monoisotopic (exact) mass is 532 g/mol. The van der Waals surface area contributed by atoms with Crippen LogP contribution in [0.4, 0.5) is 5.69 Å². The second kappa shape index (κ2) is 13.4. The van der Waals surface area contributed by atoms with E-state index >= 15 is 0 Å². The number of hydrogen-bond acceptors (Lipinski definition) is 5. The van der Waals surface area contributed by atoms with Gasteiger partial charge in [-0.15, -0.1) is 0 Å². The van der Waals surface area contributed by atoms with Crippen molar-refractivity contribution < 1.29 is 22.7 Å². The fourth-order valence-electron chi connectivity index (χ4n) is 3.94. The maximum absolute atomic E-state index is 13.9. The molecule has 10 heteroatoms. The molecule has 2 rings (SSSR count). The van der Waals surface area contributed by atoms with E-state index in [4.69, 9.17) is 4.74 Å². The van der Waals surface area contributed by atoms with Crippen molar-refractivity contribution in [3.05, 3.63) is 59.2 Å². The van der Waals surface area contributed by atoms with Crippen LogP contribution in [0.15, 0.2) is 42.5 Å². The van der Waals surface area contributed by atoms with E-state index in [1.54, 1.807) is 32.2 Å². The number of carbonyl (C=O) groups is 2. The molecule has 9 nitrogen and oxygen atoms in total. The topological polar surface area (TPSA) is 99.3 Å². The van der Waals surface area contributed by atoms with Gasteiger partial charge >= 0.3 is 10.2 Å². The zero-order chi connectivity index (χ0) is 27.8. The lowest BCUT2D eigenvalue weighted by atomic mass is 10.1. The number of nitrogens with one attached hydrogen (secondary N) is 1. The van der Waals surface area contributed by atoms with Gasteiger partial charge in [0.25, 0.3) is 0 Å². The van der Waals surface area contributed by atoms with Crippen molar-refractivity contribution >= 4 is 27.7 Å². The van der Waals surface area contributed by atoms with Crippen molar-refractivity contribution in [2.24, 2.45) is 0 Å². The van der Waals surface area contributed by atoms with Crippen molar-refractivity contribution in [2.45, 2.75) is 53.1 Å². The summed E-state index contributed by atoms with van der Waals surface area (Å²) < 4.78 is 34.3. The third-order valence-corrected chi connectivity index (χ3v) is 7.88. The van der Waals surface area contributed by atoms with E-state index in [9.17, 15) is 18.0 Å². The van der Waals surface area contributed by atoms with Crippen LogP contribution in [0.5, 0.6) is 5.75 Å². The number of benzene rings is 2. The quantitative estimate of drug-likeness (QED) is 0.427. The summed E-state index contributed by atoms with van der Waals surface area (Å²) in [5.41, 5.74) is 2.77. The lowest BCUT2D eigenvalue weighted by molar-refractivity contribution is -0.140. The molecule has 0 bridgehead atoms. The Kier molecular flexibility index (Phi) is 10.9. The van der Waals surface area contributed by atoms with Gasteiger partial charge in [-0.2, -0.15) is 12.7 Å². The van der Waals surface area contributed by atoms with E-state index in [1.807, 2.05) is 45.0 Å². The molecule has 37 heavy (non-hydrogen) atoms. The predicted molar refractivity (Wildman–Crippen MR) is 147 cm³/mol. The zero-order valence-corrected chi connectivity index (χ0v) is 23.8. The fourth-order valence-corrected chi connectivity index (χ4v) is 5.06. The normalized spacial score (nSPS) is 12.2. The molecular weight excluding hydrogens is 492 g/mol. The second-order valence-electron chi connectivity index (χ2n) is 9.17. The summed E-state index contributed by atoms with van der Waals surface area (Å²) in [6.07, 6.45) is 1.13. The molecule has 2 aromatic carbocycles. The Morgan fingerprint density at radius 3 is 2.35 bits per heavy atom. The molecule has 0 saturated heterocycles. The van der Waals surface area contributed by atoms with Gasteiger partial charge in [-0.1, -0.05) is 38.1 Å². The molecule has 0 radical (unpaired) electrons. The molecule has 0 unspecified atom stereocenters. The molecule has 204 valence electrons. The van der Waals surface area contributed by atoms with E-state index in [0.717, 1.165) is 31.7 Å². The van der Waals surface area contributed by atoms with Crippen molar-refractivity contribution in [1.82, 2.24) is 14.5 Å². The van der Waals surface area contributed by atoms with E-state index in [-0.39, 0.29) is 12.5 Å². The molecule has 0 aromatic heterocycles. The first-order valence-corrected chi connectivity index (χ1v) is 13.8. The standard InChI is InChI=1S/C27H40N4O5S/c1-8-15-28-27(33)24(9-2)30(18-22-11-10-12-23(17-22)36-7)26(32)19-31(37(34,35)29(5)6)25-16-20(3)13-14-21(25)4/h10-14,16-17,24H,8-9,15,18-19H2,1-7H3,(H,28,33)/t24-/m0/s1. The van der Waals surface area contributed by atoms with Crippen molar-refractivity contribution in [2.75, 3.05) is 38.6 Å². The zero-order valence-electron chi connectivity index (χ0n) is 22.9. The maximum Gasteiger partial charge on any atom is 0.304 e. The van der Waals surface area contributed by atoms with Crippen LogP contribution in [0.1, 0.15) is 43.4 Å². The van der Waals surface area contributed by atoms with Gasteiger partial charge in [-0.3, -0.25) is 9.59 Å². The van der Waals surface area contributed by atoms with Crippen molar-refractivity contribution in [1.29, 1.82) is 0 Å². The lowest BCUT2D eigenvalue weighted by Crippen LogP contribution is -2.53. The van der Waals surface area contributed by atoms with Crippen LogP contribution in [0.2, 0.25) is 0 Å². The third-order valence-electron chi connectivity index (χ3n) is 6.07. The minimum atomic E-state index is -4.01. The maximum atomic E-state index is 13.9. The Morgan fingerprint density at radius 1 is 1.05 bits per heavy atom. The fraction of sp³-hybridized carbons (Fsp3) is 0.481. The molecule has 0 aliphatic rings. The van der Waals surface area contributed by atoms with Gasteiger partial charge in [0.15, 0.2) is 0 Å². The minimum Gasteiger partial charge on any atom is -0.497 e. The minimum absolute atomic E-state index is 0.122. The Labute approximate surface area is 221 Å². The van der Waals surface area contributed by atoms with Crippen LogP contribution in [-0.2, 0) is 26.3 Å². The summed E-state index contributed by atoms with van der Waals surface area (Å²) in [6.45, 7) is 7.61. The number of ether oxygens (including phenoxy) is 1. The summed E-state index contributed by atoms with van der Waals surface area (Å²) in [6, 6.07) is 12.0. The molecule has 2 aromatic rings. The second-order valence-corrected chi connectivity index (χ2v) is 11.2. The average molecular weight is 533 g/mol. The highest BCUT2D eigenvalue weighted by molar-refractivity contribution is 7.90. The molecule has 0 saturated carbocycles. The van der Waals surface area contributed by atoms with Gasteiger partial charge in [-0.05, 0) is 61.6 Å². The first-order valence-electron chi connectivity index (χ1n) is 12.4. The number of aryl methyl sites for hydroxylation is 2. The summed E-state index contributed by atoms with van der Waals surface area (Å²) >= 11 is 0. The first kappa shape index (κ1) is 30.1. The molecule has 2 amide bonds. The number of anilines is 1. The number of rotatable bonds is 13. The van der Waals surface area contributed by atoms with Crippen LogP contribution < -0.4 is 14.4 Å². The van der Waals surface area contributed by atoms with Crippen LogP contribution in [-0.4, -0.2) is 69.8 Å². The van der Waals surface area contributed by atoms with Crippen LogP contribution in [0.3, 0.4) is 0 Å². The van der Waals surface area contributed by atoms with Gasteiger partial charge in [0.05, 0.1) is 12.8 Å². The van der Waals surface area contributed by atoms with Gasteiger partial charge < -0.3 is 15.0 Å². The van der Waals surface area contributed by atoms with E-state index in [2.05, 4.69) is 5.32 Å². The SMILES string of the molecule is CCCNC(=O)[C@H](CC)N(Cc1cccc(OC)c1)C(=O)CN(c1cc(C)ccc1C)S(=O)(=O)N(C)C. The Morgan fingerprint density at radius 2 is 1.76 bits per heavy atom. The predicted octanol–water partition coefficient (Wildman–Crippen LogP) is 3.26. The molecule has 0 spiro atoms. The Balaban J connectivity index is 2.55. The van der Waals surface area contributed by atoms with Crippen LogP contribution in [0, 0.1) is 13.8 Å². The highest BCUT2D eigenvalue weighted by Gasteiger charge is 2.34. The number of amides is 2. The number of carbonyl (C=O) groups excluding carboxylic acids is 2. The molecule has 1 N–H and O–H groups in total. The largest absolute Gasteiger partial charge is 0.497 e. The molecule has 1 atom stereocenters. The summed E-state index contributed by atoms with van der Waals surface area (Å²) in [5, 5.41) is 2.88. The van der Waals surface area contributed by atoms with Gasteiger partial charge in [-0.25, -0.2) is 4.31 Å². The Hall–Kier alpha value is -3.11. The van der Waals surface area contributed by atoms with Gasteiger partial charge in [0.2, 0.25) is 11.8 Å². The highest BCUT2D eigenvalue weighted by Crippen LogP contribution is 2.26. The summed E-state index contributed by atoms with van der Waals surface area (Å²) in [5.74, 6) is -0.123. The Bertz CT molecular complexity index is 1180. The van der Waals surface area contributed by atoms with E-state index < -0.39 is 28.7 Å². The highest BCUT2D eigenvalue weighted by atomic mass is 32.2. The lowest BCUT2D eigenvalue weighted by Gasteiger charge is -2.34.